The fourth-order valence-corrected chi connectivity index (χ4v) is 2.53. The average molecular weight is 284 g/mol. The lowest BCUT2D eigenvalue weighted by atomic mass is 10.1. The zero-order valence-corrected chi connectivity index (χ0v) is 11.2. The summed E-state index contributed by atoms with van der Waals surface area (Å²) in [6.45, 7) is 5.04. The number of rotatable bonds is 2. The third kappa shape index (κ3) is 2.75. The van der Waals surface area contributed by atoms with Crippen LogP contribution in [0, 0.1) is 0 Å². The first-order valence-corrected chi connectivity index (χ1v) is 6.41. The second-order valence-electron chi connectivity index (χ2n) is 4.31. The third-order valence-corrected chi connectivity index (χ3v) is 3.50. The maximum absolute atomic E-state index is 5.69. The van der Waals surface area contributed by atoms with E-state index in [1.807, 2.05) is 0 Å². The predicted octanol–water partition coefficient (Wildman–Crippen LogP) is 1.66. The molecular weight excluding hydrogens is 266 g/mol. The summed E-state index contributed by atoms with van der Waals surface area (Å²) in [5.74, 6) is 0. The molecule has 0 spiro atoms. The first-order chi connectivity index (χ1) is 7.69. The summed E-state index contributed by atoms with van der Waals surface area (Å²) in [5.41, 5.74) is 8.16. The van der Waals surface area contributed by atoms with E-state index in [1.165, 1.54) is 11.3 Å². The van der Waals surface area contributed by atoms with Crippen molar-refractivity contribution in [3.8, 4) is 0 Å². The van der Waals surface area contributed by atoms with Crippen LogP contribution in [0.5, 0.6) is 0 Å². The second kappa shape index (κ2) is 5.17. The Balaban J connectivity index is 2.16. The summed E-state index contributed by atoms with van der Waals surface area (Å²) < 4.78 is 1.12. The van der Waals surface area contributed by atoms with Crippen LogP contribution in [0.2, 0.25) is 0 Å². The van der Waals surface area contributed by atoms with Crippen LogP contribution in [0.1, 0.15) is 5.56 Å². The van der Waals surface area contributed by atoms with Gasteiger partial charge in [0, 0.05) is 42.9 Å². The van der Waals surface area contributed by atoms with Gasteiger partial charge >= 0.3 is 0 Å². The lowest BCUT2D eigenvalue weighted by molar-refractivity contribution is 0.313. The number of nitrogens with two attached hydrogens (primary N) is 1. The maximum Gasteiger partial charge on any atom is 0.0381 e. The van der Waals surface area contributed by atoms with Gasteiger partial charge in [-0.1, -0.05) is 15.9 Å². The summed E-state index contributed by atoms with van der Waals surface area (Å²) in [5, 5.41) is 0. The SMILES string of the molecule is CN1CCN(c2cc(Br)cc(CN)c2)CC1. The summed E-state index contributed by atoms with van der Waals surface area (Å²) in [7, 11) is 2.17. The van der Waals surface area contributed by atoms with Crippen molar-refractivity contribution in [2.75, 3.05) is 38.1 Å². The Morgan fingerprint density at radius 2 is 1.88 bits per heavy atom. The third-order valence-electron chi connectivity index (χ3n) is 3.05. The van der Waals surface area contributed by atoms with Crippen LogP contribution in [-0.4, -0.2) is 38.1 Å². The topological polar surface area (TPSA) is 32.5 Å². The number of benzene rings is 1. The zero-order valence-electron chi connectivity index (χ0n) is 9.62. The van der Waals surface area contributed by atoms with Gasteiger partial charge in [0.05, 0.1) is 0 Å². The Labute approximate surface area is 105 Å². The number of halogens is 1. The van der Waals surface area contributed by atoms with Crippen molar-refractivity contribution in [3.63, 3.8) is 0 Å². The molecule has 1 aromatic rings. The summed E-state index contributed by atoms with van der Waals surface area (Å²) in [6, 6.07) is 6.44. The fourth-order valence-electron chi connectivity index (χ4n) is 2.00. The molecule has 0 unspecified atom stereocenters. The van der Waals surface area contributed by atoms with Gasteiger partial charge in [0.2, 0.25) is 0 Å². The van der Waals surface area contributed by atoms with E-state index in [4.69, 9.17) is 5.73 Å². The molecule has 0 saturated carbocycles. The summed E-state index contributed by atoms with van der Waals surface area (Å²) in [4.78, 5) is 4.78. The quantitative estimate of drug-likeness (QED) is 0.896. The molecule has 0 aliphatic carbocycles. The van der Waals surface area contributed by atoms with Crippen LogP contribution in [0.25, 0.3) is 0 Å². The summed E-state index contributed by atoms with van der Waals surface area (Å²) >= 11 is 3.54. The number of hydrogen-bond donors (Lipinski definition) is 1. The molecule has 88 valence electrons. The molecule has 1 aliphatic heterocycles. The second-order valence-corrected chi connectivity index (χ2v) is 5.23. The zero-order chi connectivity index (χ0) is 11.5. The van der Waals surface area contributed by atoms with Crippen LogP contribution < -0.4 is 10.6 Å². The highest BCUT2D eigenvalue weighted by atomic mass is 79.9. The normalized spacial score (nSPS) is 17.8. The van der Waals surface area contributed by atoms with Gasteiger partial charge in [0.1, 0.15) is 0 Å². The van der Waals surface area contributed by atoms with Gasteiger partial charge in [-0.3, -0.25) is 0 Å². The molecule has 4 heteroatoms. The monoisotopic (exact) mass is 283 g/mol. The molecule has 1 saturated heterocycles. The maximum atomic E-state index is 5.69. The standard InChI is InChI=1S/C12H18BrN3/c1-15-2-4-16(5-3-15)12-7-10(9-14)6-11(13)8-12/h6-8H,2-5,9,14H2,1H3. The molecule has 0 aromatic heterocycles. The van der Waals surface area contributed by atoms with E-state index in [-0.39, 0.29) is 0 Å². The molecular formula is C12H18BrN3. The van der Waals surface area contributed by atoms with Crippen molar-refractivity contribution in [1.29, 1.82) is 0 Å². The van der Waals surface area contributed by atoms with E-state index < -0.39 is 0 Å². The van der Waals surface area contributed by atoms with Crippen LogP contribution in [0.4, 0.5) is 5.69 Å². The van der Waals surface area contributed by atoms with Crippen LogP contribution >= 0.6 is 15.9 Å². The van der Waals surface area contributed by atoms with E-state index in [2.05, 4.69) is 51.0 Å². The van der Waals surface area contributed by atoms with Crippen molar-refractivity contribution < 1.29 is 0 Å². The lowest BCUT2D eigenvalue weighted by Gasteiger charge is -2.34. The minimum atomic E-state index is 0.597. The highest BCUT2D eigenvalue weighted by Gasteiger charge is 2.14. The van der Waals surface area contributed by atoms with E-state index in [9.17, 15) is 0 Å². The summed E-state index contributed by atoms with van der Waals surface area (Å²) in [6.07, 6.45) is 0. The minimum absolute atomic E-state index is 0.597. The molecule has 0 amide bonds. The van der Waals surface area contributed by atoms with Crippen molar-refractivity contribution in [2.45, 2.75) is 6.54 Å². The Bertz CT molecular complexity index is 359. The number of likely N-dealkylation sites (N-methyl/N-ethyl adjacent to an activating group) is 1. The molecule has 0 radical (unpaired) electrons. The first kappa shape index (κ1) is 11.9. The van der Waals surface area contributed by atoms with Crippen molar-refractivity contribution >= 4 is 21.6 Å². The molecule has 1 fully saturated rings. The smallest absolute Gasteiger partial charge is 0.0381 e. The molecule has 3 nitrogen and oxygen atoms in total. The molecule has 1 heterocycles. The predicted molar refractivity (Wildman–Crippen MR) is 71.7 cm³/mol. The van der Waals surface area contributed by atoms with Crippen molar-refractivity contribution in [2.24, 2.45) is 5.73 Å². The van der Waals surface area contributed by atoms with Crippen LogP contribution in [0.3, 0.4) is 0 Å². The Morgan fingerprint density at radius 3 is 2.50 bits per heavy atom. The molecule has 2 N–H and O–H groups in total. The highest BCUT2D eigenvalue weighted by molar-refractivity contribution is 9.10. The minimum Gasteiger partial charge on any atom is -0.369 e. The highest BCUT2D eigenvalue weighted by Crippen LogP contribution is 2.23. The number of hydrogen-bond acceptors (Lipinski definition) is 3. The molecule has 1 aliphatic rings. The van der Waals surface area contributed by atoms with E-state index in [0.717, 1.165) is 30.7 Å². The number of anilines is 1. The molecule has 2 rings (SSSR count). The first-order valence-electron chi connectivity index (χ1n) is 5.62. The van der Waals surface area contributed by atoms with Crippen LogP contribution in [-0.2, 0) is 6.54 Å². The van der Waals surface area contributed by atoms with Crippen molar-refractivity contribution in [3.05, 3.63) is 28.2 Å². The van der Waals surface area contributed by atoms with E-state index >= 15 is 0 Å². The largest absolute Gasteiger partial charge is 0.369 e. The molecule has 0 bridgehead atoms. The van der Waals surface area contributed by atoms with Gasteiger partial charge in [0.15, 0.2) is 0 Å². The van der Waals surface area contributed by atoms with Gasteiger partial charge in [-0.2, -0.15) is 0 Å². The molecule has 1 aromatic carbocycles. The van der Waals surface area contributed by atoms with Gasteiger partial charge in [0.25, 0.3) is 0 Å². The molecule has 0 atom stereocenters. The number of nitrogens with zero attached hydrogens (tertiary/aromatic N) is 2. The molecule has 16 heavy (non-hydrogen) atoms. The van der Waals surface area contributed by atoms with Gasteiger partial charge < -0.3 is 15.5 Å². The lowest BCUT2D eigenvalue weighted by Crippen LogP contribution is -2.44. The Hall–Kier alpha value is -0.580. The van der Waals surface area contributed by atoms with E-state index in [1.54, 1.807) is 0 Å². The van der Waals surface area contributed by atoms with Gasteiger partial charge in [-0.05, 0) is 30.8 Å². The van der Waals surface area contributed by atoms with E-state index in [0.29, 0.717) is 6.54 Å². The average Bonchev–Trinajstić information content (AvgIpc) is 2.29. The Kier molecular flexibility index (Phi) is 3.84. The fraction of sp³-hybridized carbons (Fsp3) is 0.500. The van der Waals surface area contributed by atoms with Crippen molar-refractivity contribution in [1.82, 2.24) is 4.90 Å². The Morgan fingerprint density at radius 1 is 1.19 bits per heavy atom. The number of piperazine rings is 1. The van der Waals surface area contributed by atoms with Gasteiger partial charge in [-0.15, -0.1) is 0 Å². The van der Waals surface area contributed by atoms with Gasteiger partial charge in [-0.25, -0.2) is 0 Å². The van der Waals surface area contributed by atoms with Crippen LogP contribution in [0.15, 0.2) is 22.7 Å².